The summed E-state index contributed by atoms with van der Waals surface area (Å²) in [7, 11) is 0. The van der Waals surface area contributed by atoms with E-state index in [4.69, 9.17) is 0 Å². The van der Waals surface area contributed by atoms with Crippen LogP contribution in [0.5, 0.6) is 0 Å². The van der Waals surface area contributed by atoms with Gasteiger partial charge in [0.1, 0.15) is 11.1 Å². The van der Waals surface area contributed by atoms with E-state index in [9.17, 15) is 20.0 Å². The highest BCUT2D eigenvalue weighted by atomic mass is 32.1. The van der Waals surface area contributed by atoms with Crippen molar-refractivity contribution in [2.24, 2.45) is 17.8 Å². The first-order chi connectivity index (χ1) is 11.5. The number of allylic oxidation sites excluding steroid dienone is 2. The van der Waals surface area contributed by atoms with E-state index in [0.717, 1.165) is 24.8 Å². The Morgan fingerprint density at radius 1 is 1.33 bits per heavy atom. The van der Waals surface area contributed by atoms with Gasteiger partial charge in [-0.05, 0) is 43.6 Å². The number of carboxylic acid groups (broad SMARTS) is 1. The summed E-state index contributed by atoms with van der Waals surface area (Å²) >= 11 is 1.47. The molecule has 3 atom stereocenters. The largest absolute Gasteiger partial charge is 0.481 e. The number of carbonyl (C=O) groups excluding carboxylic acids is 1. The van der Waals surface area contributed by atoms with E-state index in [2.05, 4.69) is 18.3 Å². The molecule has 6 heteroatoms. The van der Waals surface area contributed by atoms with Crippen molar-refractivity contribution >= 4 is 28.2 Å². The van der Waals surface area contributed by atoms with Crippen LogP contribution in [0.3, 0.4) is 0 Å². The van der Waals surface area contributed by atoms with E-state index in [-0.39, 0.29) is 5.91 Å². The number of nitrogens with one attached hydrogen (secondary N) is 1. The molecule has 0 spiro atoms. The smallest absolute Gasteiger partial charge is 0.307 e. The summed E-state index contributed by atoms with van der Waals surface area (Å²) in [6, 6.07) is 2.23. The summed E-state index contributed by atoms with van der Waals surface area (Å²) < 4.78 is 0. The number of hydrogen-bond acceptors (Lipinski definition) is 4. The lowest BCUT2D eigenvalue weighted by Gasteiger charge is -2.23. The number of hydrogen-bond donors (Lipinski definition) is 2. The number of amides is 1. The normalized spacial score (nSPS) is 25.6. The molecule has 2 aliphatic carbocycles. The van der Waals surface area contributed by atoms with E-state index in [1.165, 1.54) is 16.2 Å². The van der Waals surface area contributed by atoms with Crippen LogP contribution in [0.4, 0.5) is 5.00 Å². The number of thiophene rings is 1. The minimum absolute atomic E-state index is 0.296. The Hall–Kier alpha value is -2.13. The monoisotopic (exact) mass is 344 g/mol. The maximum atomic E-state index is 12.6. The number of carboxylic acids is 1. The third-order valence-corrected chi connectivity index (χ3v) is 6.12. The van der Waals surface area contributed by atoms with E-state index >= 15 is 0 Å². The van der Waals surface area contributed by atoms with Crippen LogP contribution in [0.2, 0.25) is 0 Å². The first-order valence-corrected chi connectivity index (χ1v) is 9.06. The van der Waals surface area contributed by atoms with Crippen LogP contribution in [0.25, 0.3) is 0 Å². The van der Waals surface area contributed by atoms with Gasteiger partial charge in [0, 0.05) is 4.88 Å². The molecular weight excluding hydrogens is 324 g/mol. The molecule has 1 aromatic heterocycles. The topological polar surface area (TPSA) is 90.2 Å². The standard InChI is InChI=1S/C18H20N2O3S/c1-10-6-7-11-14(9-19)17(24-15(11)8-10)20-16(21)12-4-2-3-5-13(12)18(22)23/h2-3,10,12-13H,4-8H2,1H3,(H,20,21)(H,22,23)/t10-,12-,13-/m1/s1. The van der Waals surface area contributed by atoms with Gasteiger partial charge in [0.05, 0.1) is 17.4 Å². The van der Waals surface area contributed by atoms with Crippen LogP contribution < -0.4 is 5.32 Å². The van der Waals surface area contributed by atoms with Gasteiger partial charge >= 0.3 is 5.97 Å². The van der Waals surface area contributed by atoms with Crippen molar-refractivity contribution < 1.29 is 14.7 Å². The highest BCUT2D eigenvalue weighted by Gasteiger charge is 2.35. The second kappa shape index (κ2) is 6.78. The van der Waals surface area contributed by atoms with Gasteiger partial charge in [0.25, 0.3) is 0 Å². The number of nitrogens with zero attached hydrogens (tertiary/aromatic N) is 1. The molecule has 0 aliphatic heterocycles. The molecule has 0 aromatic carbocycles. The zero-order valence-electron chi connectivity index (χ0n) is 13.5. The van der Waals surface area contributed by atoms with Gasteiger partial charge in [-0.25, -0.2) is 0 Å². The second-order valence-corrected chi connectivity index (χ2v) is 7.76. The van der Waals surface area contributed by atoms with E-state index in [1.807, 2.05) is 12.2 Å². The molecule has 2 N–H and O–H groups in total. The number of rotatable bonds is 3. The maximum absolute atomic E-state index is 12.6. The molecule has 0 bridgehead atoms. The van der Waals surface area contributed by atoms with Gasteiger partial charge in [0.2, 0.25) is 5.91 Å². The molecular formula is C18H20N2O3S. The van der Waals surface area contributed by atoms with Crippen molar-refractivity contribution in [3.8, 4) is 6.07 Å². The Kier molecular flexibility index (Phi) is 4.72. The summed E-state index contributed by atoms with van der Waals surface area (Å²) in [6.45, 7) is 2.19. The van der Waals surface area contributed by atoms with E-state index in [1.54, 1.807) is 0 Å². The van der Waals surface area contributed by atoms with Crippen LogP contribution in [-0.4, -0.2) is 17.0 Å². The molecule has 126 valence electrons. The van der Waals surface area contributed by atoms with Crippen LogP contribution in [0, 0.1) is 29.1 Å². The molecule has 0 unspecified atom stereocenters. The molecule has 0 fully saturated rings. The van der Waals surface area contributed by atoms with Crippen LogP contribution in [0.15, 0.2) is 12.2 Å². The summed E-state index contributed by atoms with van der Waals surface area (Å²) in [5.74, 6) is -1.94. The Bertz CT molecular complexity index is 744. The number of carbonyl (C=O) groups is 2. The average Bonchev–Trinajstić information content (AvgIpc) is 2.90. The van der Waals surface area contributed by atoms with Gasteiger partial charge in [-0.1, -0.05) is 19.1 Å². The van der Waals surface area contributed by atoms with Gasteiger partial charge < -0.3 is 10.4 Å². The molecule has 1 aromatic rings. The predicted octanol–water partition coefficient (Wildman–Crippen LogP) is 3.35. The zero-order valence-corrected chi connectivity index (χ0v) is 14.4. The summed E-state index contributed by atoms with van der Waals surface area (Å²) in [5, 5.41) is 22.2. The van der Waals surface area contributed by atoms with Crippen molar-refractivity contribution in [3.05, 3.63) is 28.2 Å². The molecule has 2 aliphatic rings. The van der Waals surface area contributed by atoms with E-state index < -0.39 is 17.8 Å². The predicted molar refractivity (Wildman–Crippen MR) is 91.8 cm³/mol. The highest BCUT2D eigenvalue weighted by Crippen LogP contribution is 2.39. The molecule has 5 nitrogen and oxygen atoms in total. The molecule has 0 saturated carbocycles. The van der Waals surface area contributed by atoms with Crippen LogP contribution >= 0.6 is 11.3 Å². The van der Waals surface area contributed by atoms with Crippen molar-refractivity contribution in [2.45, 2.75) is 39.0 Å². The number of fused-ring (bicyclic) bond motifs is 1. The minimum atomic E-state index is -0.945. The lowest BCUT2D eigenvalue weighted by molar-refractivity contribution is -0.146. The van der Waals surface area contributed by atoms with Gasteiger partial charge in [0.15, 0.2) is 0 Å². The molecule has 1 amide bonds. The fourth-order valence-corrected chi connectivity index (χ4v) is 4.90. The summed E-state index contributed by atoms with van der Waals surface area (Å²) in [6.07, 6.45) is 7.33. The van der Waals surface area contributed by atoms with Gasteiger partial charge in [-0.15, -0.1) is 11.3 Å². The Balaban J connectivity index is 1.83. The van der Waals surface area contributed by atoms with Gasteiger partial charge in [-0.3, -0.25) is 9.59 Å². The fraction of sp³-hybridized carbons (Fsp3) is 0.500. The minimum Gasteiger partial charge on any atom is -0.481 e. The van der Waals surface area contributed by atoms with Gasteiger partial charge in [-0.2, -0.15) is 5.26 Å². The molecule has 0 radical (unpaired) electrons. The summed E-state index contributed by atoms with van der Waals surface area (Å²) in [5.41, 5.74) is 1.63. The first-order valence-electron chi connectivity index (χ1n) is 8.24. The van der Waals surface area contributed by atoms with Crippen molar-refractivity contribution in [2.75, 3.05) is 5.32 Å². The molecule has 24 heavy (non-hydrogen) atoms. The first kappa shape index (κ1) is 16.7. The van der Waals surface area contributed by atoms with Crippen molar-refractivity contribution in [1.29, 1.82) is 5.26 Å². The van der Waals surface area contributed by atoms with Crippen molar-refractivity contribution in [1.82, 2.24) is 0 Å². The Labute approximate surface area is 145 Å². The number of aliphatic carboxylic acids is 1. The second-order valence-electron chi connectivity index (χ2n) is 6.65. The fourth-order valence-electron chi connectivity index (χ4n) is 3.54. The molecule has 0 saturated heterocycles. The number of nitriles is 1. The molecule has 1 heterocycles. The maximum Gasteiger partial charge on any atom is 0.307 e. The SMILES string of the molecule is C[C@@H]1CCc2c(sc(NC(=O)[C@@H]3CC=CC[C@H]3C(=O)O)c2C#N)C1. The Morgan fingerprint density at radius 3 is 2.71 bits per heavy atom. The lowest BCUT2D eigenvalue weighted by Crippen LogP contribution is -2.34. The average molecular weight is 344 g/mol. The van der Waals surface area contributed by atoms with Crippen LogP contribution in [-0.2, 0) is 22.4 Å². The quantitative estimate of drug-likeness (QED) is 0.823. The third-order valence-electron chi connectivity index (χ3n) is 4.95. The third kappa shape index (κ3) is 3.09. The van der Waals surface area contributed by atoms with Crippen molar-refractivity contribution in [3.63, 3.8) is 0 Å². The van der Waals surface area contributed by atoms with E-state index in [0.29, 0.717) is 29.3 Å². The van der Waals surface area contributed by atoms with Crippen LogP contribution in [0.1, 0.15) is 42.2 Å². The highest BCUT2D eigenvalue weighted by molar-refractivity contribution is 7.16. The number of anilines is 1. The zero-order chi connectivity index (χ0) is 17.3. The Morgan fingerprint density at radius 2 is 2.04 bits per heavy atom. The lowest BCUT2D eigenvalue weighted by atomic mass is 9.82. The summed E-state index contributed by atoms with van der Waals surface area (Å²) in [4.78, 5) is 25.2. The molecule has 3 rings (SSSR count).